The van der Waals surface area contributed by atoms with Gasteiger partial charge in [0.05, 0.1) is 0 Å². The van der Waals surface area contributed by atoms with Crippen LogP contribution in [0.2, 0.25) is 0 Å². The second kappa shape index (κ2) is 4.53. The molecule has 0 fully saturated rings. The van der Waals surface area contributed by atoms with E-state index < -0.39 is 0 Å². The van der Waals surface area contributed by atoms with Gasteiger partial charge in [-0.05, 0) is 0 Å². The summed E-state index contributed by atoms with van der Waals surface area (Å²) in [5.74, 6) is 0. The number of rotatable bonds is 0. The fraction of sp³-hybridized carbons (Fsp3) is 0. The van der Waals surface area contributed by atoms with Gasteiger partial charge < -0.3 is 0 Å². The molecule has 0 saturated carbocycles. The summed E-state index contributed by atoms with van der Waals surface area (Å²) in [6, 6.07) is 10.1. The zero-order valence-corrected chi connectivity index (χ0v) is 10.6. The molecule has 1 aromatic carbocycles. The Morgan fingerprint density at radius 1 is 1.00 bits per heavy atom. The molecule has 0 atom stereocenters. The Labute approximate surface area is 77.6 Å². The van der Waals surface area contributed by atoms with Crippen molar-refractivity contribution in [1.29, 1.82) is 0 Å². The van der Waals surface area contributed by atoms with Crippen LogP contribution >= 0.6 is 0 Å². The summed E-state index contributed by atoms with van der Waals surface area (Å²) >= 11 is 2.90. The molecule has 0 saturated heterocycles. The van der Waals surface area contributed by atoms with Crippen LogP contribution < -0.4 is 4.46 Å². The predicted molar refractivity (Wildman–Crippen MR) is 37.6 cm³/mol. The Kier molecular flexibility index (Phi) is 4.91. The van der Waals surface area contributed by atoms with Gasteiger partial charge in [-0.3, -0.25) is 0 Å². The summed E-state index contributed by atoms with van der Waals surface area (Å²) in [5.41, 5.74) is 0. The van der Waals surface area contributed by atoms with Gasteiger partial charge in [0.25, 0.3) is 0 Å². The molecular formula is C6H5SeTl. The molecule has 0 unspecified atom stereocenters. The summed E-state index contributed by atoms with van der Waals surface area (Å²) in [6.45, 7) is 0. The molecule has 1 aromatic rings. The van der Waals surface area contributed by atoms with Crippen molar-refractivity contribution in [3.05, 3.63) is 30.3 Å². The molecule has 0 N–H and O–H groups in total. The van der Waals surface area contributed by atoms with E-state index in [1.165, 1.54) is 4.46 Å². The first-order valence-corrected chi connectivity index (χ1v) is 2.97. The van der Waals surface area contributed by atoms with Crippen LogP contribution in [0.4, 0.5) is 0 Å². The summed E-state index contributed by atoms with van der Waals surface area (Å²) < 4.78 is 1.20. The molecule has 0 aliphatic heterocycles. The van der Waals surface area contributed by atoms with E-state index in [1.54, 1.807) is 0 Å². The zero-order valence-electron chi connectivity index (χ0n) is 4.37. The SMILES string of the molecule is [Se]c1ccccc1.[Tl]. The molecule has 2 radical (unpaired) electrons. The fourth-order valence-corrected chi connectivity index (χ4v) is 0.750. The van der Waals surface area contributed by atoms with E-state index in [2.05, 4.69) is 16.0 Å². The van der Waals surface area contributed by atoms with Crippen LogP contribution in [0.25, 0.3) is 0 Å². The Hall–Kier alpha value is 0.662. The zero-order chi connectivity index (χ0) is 5.11. The van der Waals surface area contributed by atoms with E-state index in [0.29, 0.717) is 0 Å². The molecule has 0 aliphatic rings. The van der Waals surface area contributed by atoms with Crippen LogP contribution in [0.5, 0.6) is 0 Å². The monoisotopic (exact) mass is 362 g/mol. The van der Waals surface area contributed by atoms with Crippen molar-refractivity contribution in [1.82, 2.24) is 0 Å². The molecule has 0 amide bonds. The Morgan fingerprint density at radius 2 is 1.50 bits per heavy atom. The van der Waals surface area contributed by atoms with Gasteiger partial charge >= 0.3 is 50.8 Å². The van der Waals surface area contributed by atoms with E-state index >= 15 is 0 Å². The van der Waals surface area contributed by atoms with Crippen LogP contribution in [-0.4, -0.2) is 43.3 Å². The Balaban J connectivity index is 0.000000490. The average Bonchev–Trinajstić information content (AvgIpc) is 1.69. The molecule has 0 bridgehead atoms. The molecule has 8 heavy (non-hydrogen) atoms. The van der Waals surface area contributed by atoms with E-state index in [4.69, 9.17) is 0 Å². The van der Waals surface area contributed by atoms with Crippen molar-refractivity contribution >= 4 is 47.8 Å². The van der Waals surface area contributed by atoms with Gasteiger partial charge in [0.15, 0.2) is 0 Å². The van der Waals surface area contributed by atoms with Crippen molar-refractivity contribution in [2.24, 2.45) is 0 Å². The Bertz CT molecular complexity index is 138. The van der Waals surface area contributed by atoms with Gasteiger partial charge in [-0.2, -0.15) is 0 Å². The standard InChI is InChI=1S/C6H5Se.Tl/c7-6-4-2-1-3-5-6;/h1-5H;. The van der Waals surface area contributed by atoms with Gasteiger partial charge in [0, 0.05) is 27.3 Å². The summed E-state index contributed by atoms with van der Waals surface area (Å²) in [6.07, 6.45) is 0. The number of hydrogen-bond acceptors (Lipinski definition) is 0. The molecule has 0 aromatic heterocycles. The second-order valence-electron chi connectivity index (χ2n) is 1.31. The van der Waals surface area contributed by atoms with Gasteiger partial charge in [-0.1, -0.05) is 0 Å². The normalized spacial score (nSPS) is 7.50. The predicted octanol–water partition coefficient (Wildman–Crippen LogP) is 0.0996. The van der Waals surface area contributed by atoms with Crippen LogP contribution in [0.1, 0.15) is 0 Å². The van der Waals surface area contributed by atoms with Gasteiger partial charge in [0.1, 0.15) is 0 Å². The summed E-state index contributed by atoms with van der Waals surface area (Å²) in [5, 5.41) is 0. The smallest absolute Gasteiger partial charge is 0 e. The van der Waals surface area contributed by atoms with Gasteiger partial charge in [0.2, 0.25) is 0 Å². The van der Waals surface area contributed by atoms with Crippen LogP contribution in [0, 0.1) is 0 Å². The van der Waals surface area contributed by atoms with E-state index in [9.17, 15) is 0 Å². The number of benzene rings is 1. The fourth-order valence-electron chi connectivity index (χ4n) is 0.420. The molecule has 0 nitrogen and oxygen atoms in total. The first kappa shape index (κ1) is 8.66. The molecule has 38 valence electrons. The third-order valence-corrected chi connectivity index (χ3v) is 1.31. The second-order valence-corrected chi connectivity index (χ2v) is 2.30. The number of hydrogen-bond donors (Lipinski definition) is 0. The van der Waals surface area contributed by atoms with Crippen molar-refractivity contribution < 1.29 is 0 Å². The van der Waals surface area contributed by atoms with E-state index in [0.717, 1.165) is 0 Å². The van der Waals surface area contributed by atoms with E-state index in [1.807, 2.05) is 30.3 Å². The maximum absolute atomic E-state index is 2.90. The average molecular weight is 360 g/mol. The molecule has 1 rings (SSSR count). The van der Waals surface area contributed by atoms with Crippen molar-refractivity contribution in [3.8, 4) is 0 Å². The molecule has 0 spiro atoms. The Morgan fingerprint density at radius 3 is 1.75 bits per heavy atom. The first-order chi connectivity index (χ1) is 3.39. The third kappa shape index (κ3) is 2.85. The third-order valence-electron chi connectivity index (χ3n) is 0.743. The van der Waals surface area contributed by atoms with Crippen LogP contribution in [0.3, 0.4) is 0 Å². The summed E-state index contributed by atoms with van der Waals surface area (Å²) in [7, 11) is 0. The minimum absolute atomic E-state index is 0. The molecular weight excluding hydrogens is 355 g/mol. The van der Waals surface area contributed by atoms with Crippen LogP contribution in [-0.2, 0) is 0 Å². The topological polar surface area (TPSA) is 0 Å². The quantitative estimate of drug-likeness (QED) is 0.576. The van der Waals surface area contributed by atoms with Crippen molar-refractivity contribution in [2.45, 2.75) is 0 Å². The molecule has 2 heteroatoms. The van der Waals surface area contributed by atoms with Gasteiger partial charge in [-0.25, -0.2) is 0 Å². The minimum atomic E-state index is 0. The maximum atomic E-state index is 2.90. The van der Waals surface area contributed by atoms with Gasteiger partial charge in [-0.15, -0.1) is 0 Å². The van der Waals surface area contributed by atoms with Crippen molar-refractivity contribution in [2.75, 3.05) is 0 Å². The van der Waals surface area contributed by atoms with Crippen LogP contribution in [0.15, 0.2) is 30.3 Å². The largest absolute Gasteiger partial charge is 0 e. The molecule has 0 aliphatic carbocycles. The molecule has 0 heterocycles. The van der Waals surface area contributed by atoms with Crippen molar-refractivity contribution in [3.63, 3.8) is 0 Å². The minimum Gasteiger partial charge on any atom is 0 e. The summed E-state index contributed by atoms with van der Waals surface area (Å²) in [4.78, 5) is 0. The first-order valence-electron chi connectivity index (χ1n) is 2.11. The maximum Gasteiger partial charge on any atom is 0 e. The van der Waals surface area contributed by atoms with E-state index in [-0.39, 0.29) is 27.3 Å².